The van der Waals surface area contributed by atoms with E-state index in [0.29, 0.717) is 26.0 Å². The maximum absolute atomic E-state index is 12.5. The van der Waals surface area contributed by atoms with Gasteiger partial charge in [-0.25, -0.2) is 0 Å². The third-order valence-corrected chi connectivity index (χ3v) is 4.42. The fraction of sp³-hybridized carbons (Fsp3) is 0.714. The number of nitrogens with zero attached hydrogens (tertiary/aromatic N) is 2. The van der Waals surface area contributed by atoms with Crippen LogP contribution >= 0.6 is 0 Å². The molecule has 0 aliphatic carbocycles. The van der Waals surface area contributed by atoms with Gasteiger partial charge in [0, 0.05) is 25.9 Å². The summed E-state index contributed by atoms with van der Waals surface area (Å²) in [6, 6.07) is -0.882. The minimum Gasteiger partial charge on any atom is -0.391 e. The molecule has 2 amide bonds. The SMILES string of the molecule is C=CCO[C@@H]1CCN2C(=O)[C@@H]3C[C@@H](O)CN3C(=O)[C@@H]2C1. The summed E-state index contributed by atoms with van der Waals surface area (Å²) < 4.78 is 5.62. The second kappa shape index (κ2) is 5.18. The second-order valence-electron chi connectivity index (χ2n) is 5.71. The summed E-state index contributed by atoms with van der Waals surface area (Å²) >= 11 is 0. The molecule has 3 rings (SSSR count). The van der Waals surface area contributed by atoms with E-state index in [1.165, 1.54) is 0 Å². The Kier molecular flexibility index (Phi) is 3.52. The predicted octanol–water partition coefficient (Wildman–Crippen LogP) is -0.476. The zero-order valence-corrected chi connectivity index (χ0v) is 11.4. The number of rotatable bonds is 3. The number of aliphatic hydroxyl groups excluding tert-OH is 1. The van der Waals surface area contributed by atoms with Gasteiger partial charge in [-0.05, 0) is 6.42 Å². The molecule has 6 nitrogen and oxygen atoms in total. The van der Waals surface area contributed by atoms with Gasteiger partial charge in [0.1, 0.15) is 12.1 Å². The minimum absolute atomic E-state index is 0.00456. The molecular weight excluding hydrogens is 260 g/mol. The van der Waals surface area contributed by atoms with Gasteiger partial charge < -0.3 is 19.6 Å². The summed E-state index contributed by atoms with van der Waals surface area (Å²) in [5, 5.41) is 9.70. The highest BCUT2D eigenvalue weighted by atomic mass is 16.5. The molecule has 3 aliphatic heterocycles. The van der Waals surface area contributed by atoms with Crippen molar-refractivity contribution in [1.29, 1.82) is 0 Å². The van der Waals surface area contributed by atoms with Crippen LogP contribution in [-0.4, -0.2) is 70.7 Å². The number of fused-ring (bicyclic) bond motifs is 2. The van der Waals surface area contributed by atoms with Crippen LogP contribution in [0.5, 0.6) is 0 Å². The Labute approximate surface area is 118 Å². The van der Waals surface area contributed by atoms with Crippen LogP contribution in [0.25, 0.3) is 0 Å². The maximum Gasteiger partial charge on any atom is 0.246 e. The van der Waals surface area contributed by atoms with E-state index in [2.05, 4.69) is 6.58 Å². The number of carbonyl (C=O) groups excluding carboxylic acids is 2. The van der Waals surface area contributed by atoms with Crippen molar-refractivity contribution in [2.24, 2.45) is 0 Å². The molecule has 0 aromatic heterocycles. The predicted molar refractivity (Wildman–Crippen MR) is 70.8 cm³/mol. The number of carbonyl (C=O) groups is 2. The quantitative estimate of drug-likeness (QED) is 0.709. The first-order valence-electron chi connectivity index (χ1n) is 7.13. The summed E-state index contributed by atoms with van der Waals surface area (Å²) in [5.41, 5.74) is 0. The van der Waals surface area contributed by atoms with E-state index in [1.807, 2.05) is 0 Å². The molecule has 0 unspecified atom stereocenters. The van der Waals surface area contributed by atoms with Crippen molar-refractivity contribution in [3.05, 3.63) is 12.7 Å². The largest absolute Gasteiger partial charge is 0.391 e. The number of hydrogen-bond donors (Lipinski definition) is 1. The topological polar surface area (TPSA) is 70.1 Å². The summed E-state index contributed by atoms with van der Waals surface area (Å²) in [5.74, 6) is -0.0635. The molecule has 0 spiro atoms. The lowest BCUT2D eigenvalue weighted by atomic mass is 9.94. The lowest BCUT2D eigenvalue weighted by Gasteiger charge is -2.46. The Balaban J connectivity index is 1.75. The maximum atomic E-state index is 12.5. The number of piperazine rings is 1. The smallest absolute Gasteiger partial charge is 0.246 e. The average Bonchev–Trinajstić information content (AvgIpc) is 2.84. The Morgan fingerprint density at radius 1 is 1.25 bits per heavy atom. The number of aliphatic hydroxyl groups is 1. The van der Waals surface area contributed by atoms with Crippen molar-refractivity contribution in [3.63, 3.8) is 0 Å². The average molecular weight is 280 g/mol. The highest BCUT2D eigenvalue weighted by Crippen LogP contribution is 2.32. The normalized spacial score (nSPS) is 36.9. The van der Waals surface area contributed by atoms with E-state index >= 15 is 0 Å². The second-order valence-corrected chi connectivity index (χ2v) is 5.71. The lowest BCUT2D eigenvalue weighted by Crippen LogP contribution is -2.65. The molecule has 0 bridgehead atoms. The van der Waals surface area contributed by atoms with E-state index in [4.69, 9.17) is 4.74 Å². The summed E-state index contributed by atoms with van der Waals surface area (Å²) in [4.78, 5) is 28.1. The van der Waals surface area contributed by atoms with E-state index in [0.717, 1.165) is 6.42 Å². The first-order valence-corrected chi connectivity index (χ1v) is 7.13. The van der Waals surface area contributed by atoms with Crippen molar-refractivity contribution < 1.29 is 19.4 Å². The molecule has 4 atom stereocenters. The van der Waals surface area contributed by atoms with Gasteiger partial charge in [0.15, 0.2) is 0 Å². The van der Waals surface area contributed by atoms with Crippen LogP contribution in [0.3, 0.4) is 0 Å². The molecule has 0 radical (unpaired) electrons. The van der Waals surface area contributed by atoms with Gasteiger partial charge in [0.05, 0.1) is 18.8 Å². The standard InChI is InChI=1S/C14H20N2O4/c1-2-5-20-10-3-4-15-12(7-10)14(19)16-8-9(17)6-11(16)13(15)18/h2,9-12,17H,1,3-8H2/t9-,10-,11+,12+/m1/s1. The van der Waals surface area contributed by atoms with Gasteiger partial charge in [0.2, 0.25) is 11.8 Å². The molecule has 110 valence electrons. The summed E-state index contributed by atoms with van der Waals surface area (Å²) in [6.45, 7) is 4.90. The fourth-order valence-electron chi connectivity index (χ4n) is 3.46. The monoisotopic (exact) mass is 280 g/mol. The van der Waals surface area contributed by atoms with Crippen LogP contribution in [-0.2, 0) is 14.3 Å². The van der Waals surface area contributed by atoms with Crippen molar-refractivity contribution >= 4 is 11.8 Å². The van der Waals surface area contributed by atoms with Gasteiger partial charge >= 0.3 is 0 Å². The minimum atomic E-state index is -0.581. The van der Waals surface area contributed by atoms with Crippen LogP contribution in [0.4, 0.5) is 0 Å². The Bertz CT molecular complexity index is 439. The van der Waals surface area contributed by atoms with Crippen molar-refractivity contribution in [1.82, 2.24) is 9.80 Å². The first kappa shape index (κ1) is 13.6. The molecule has 20 heavy (non-hydrogen) atoms. The fourth-order valence-corrected chi connectivity index (χ4v) is 3.46. The number of ether oxygens (including phenoxy) is 1. The molecule has 3 heterocycles. The highest BCUT2D eigenvalue weighted by Gasteiger charge is 2.51. The molecule has 3 aliphatic rings. The van der Waals surface area contributed by atoms with Crippen molar-refractivity contribution in [3.8, 4) is 0 Å². The Hall–Kier alpha value is -1.40. The number of hydrogen-bond acceptors (Lipinski definition) is 4. The van der Waals surface area contributed by atoms with Crippen LogP contribution in [0.2, 0.25) is 0 Å². The molecular formula is C14H20N2O4. The van der Waals surface area contributed by atoms with Gasteiger partial charge in [-0.2, -0.15) is 0 Å². The van der Waals surface area contributed by atoms with Gasteiger partial charge in [-0.1, -0.05) is 6.08 Å². The zero-order chi connectivity index (χ0) is 14.3. The third kappa shape index (κ3) is 2.13. The van der Waals surface area contributed by atoms with Crippen LogP contribution < -0.4 is 0 Å². The van der Waals surface area contributed by atoms with Crippen molar-refractivity contribution in [2.45, 2.75) is 43.6 Å². The number of amides is 2. The van der Waals surface area contributed by atoms with E-state index in [1.54, 1.807) is 15.9 Å². The van der Waals surface area contributed by atoms with E-state index in [-0.39, 0.29) is 24.5 Å². The summed E-state index contributed by atoms with van der Waals surface area (Å²) in [6.07, 6.45) is 2.75. The van der Waals surface area contributed by atoms with Gasteiger partial charge in [0.25, 0.3) is 0 Å². The highest BCUT2D eigenvalue weighted by molar-refractivity contribution is 5.97. The van der Waals surface area contributed by atoms with E-state index < -0.39 is 18.2 Å². The van der Waals surface area contributed by atoms with Crippen LogP contribution in [0.1, 0.15) is 19.3 Å². The first-order chi connectivity index (χ1) is 9.61. The molecule has 6 heteroatoms. The van der Waals surface area contributed by atoms with Gasteiger partial charge in [-0.15, -0.1) is 6.58 Å². The Morgan fingerprint density at radius 3 is 2.70 bits per heavy atom. The zero-order valence-electron chi connectivity index (χ0n) is 11.4. The van der Waals surface area contributed by atoms with E-state index in [9.17, 15) is 14.7 Å². The summed E-state index contributed by atoms with van der Waals surface area (Å²) in [7, 11) is 0. The molecule has 0 aromatic carbocycles. The molecule has 3 saturated heterocycles. The number of piperidine rings is 1. The molecule has 0 saturated carbocycles. The van der Waals surface area contributed by atoms with Crippen LogP contribution in [0, 0.1) is 0 Å². The lowest BCUT2D eigenvalue weighted by molar-refractivity contribution is -0.164. The molecule has 0 aromatic rings. The van der Waals surface area contributed by atoms with Crippen LogP contribution in [0.15, 0.2) is 12.7 Å². The van der Waals surface area contributed by atoms with Crippen molar-refractivity contribution in [2.75, 3.05) is 19.7 Å². The van der Waals surface area contributed by atoms with Gasteiger partial charge in [-0.3, -0.25) is 9.59 Å². The third-order valence-electron chi connectivity index (χ3n) is 4.42. The molecule has 1 N–H and O–H groups in total. The molecule has 3 fully saturated rings. The Morgan fingerprint density at radius 2 is 1.95 bits per heavy atom.